The lowest BCUT2D eigenvalue weighted by atomic mass is 10.2. The highest BCUT2D eigenvalue weighted by Crippen LogP contribution is 2.29. The van der Waals surface area contributed by atoms with Gasteiger partial charge in [-0.25, -0.2) is 9.79 Å². The largest absolute Gasteiger partial charge is 0.493 e. The summed E-state index contributed by atoms with van der Waals surface area (Å²) >= 11 is 0. The molecule has 3 N–H and O–H groups in total. The molecule has 2 aromatic carbocycles. The Morgan fingerprint density at radius 1 is 1.19 bits per heavy atom. The molecule has 27 heavy (non-hydrogen) atoms. The first kappa shape index (κ1) is 18.4. The maximum Gasteiger partial charge on any atom is 0.414 e. The minimum atomic E-state index is -0.316. The molecule has 1 heterocycles. The number of anilines is 2. The lowest BCUT2D eigenvalue weighted by molar-refractivity contribution is 0.181. The molecular weight excluding hydrogens is 348 g/mol. The molecule has 0 aromatic heterocycles. The molecule has 0 unspecified atom stereocenters. The van der Waals surface area contributed by atoms with Gasteiger partial charge in [0.15, 0.2) is 17.5 Å². The molecule has 0 aliphatic carbocycles. The molecular formula is C19H22N4O4. The first-order valence-electron chi connectivity index (χ1n) is 8.43. The second-order valence-corrected chi connectivity index (χ2v) is 5.83. The van der Waals surface area contributed by atoms with Gasteiger partial charge >= 0.3 is 6.09 Å². The van der Waals surface area contributed by atoms with Crippen molar-refractivity contribution in [3.63, 3.8) is 0 Å². The fourth-order valence-electron chi connectivity index (χ4n) is 2.69. The third kappa shape index (κ3) is 4.41. The van der Waals surface area contributed by atoms with Crippen molar-refractivity contribution in [3.05, 3.63) is 48.0 Å². The molecule has 1 aliphatic heterocycles. The number of nitrogens with zero attached hydrogens (tertiary/aromatic N) is 2. The molecule has 0 spiro atoms. The fraction of sp³-hybridized carbons (Fsp3) is 0.263. The number of ether oxygens (including phenoxy) is 3. The van der Waals surface area contributed by atoms with E-state index in [0.29, 0.717) is 31.2 Å². The smallest absolute Gasteiger partial charge is 0.414 e. The molecule has 0 bridgehead atoms. The van der Waals surface area contributed by atoms with Crippen molar-refractivity contribution in [1.82, 2.24) is 0 Å². The molecule has 0 atom stereocenters. The van der Waals surface area contributed by atoms with Gasteiger partial charge in [0.2, 0.25) is 0 Å². The monoisotopic (exact) mass is 370 g/mol. The molecule has 1 saturated heterocycles. The van der Waals surface area contributed by atoms with Crippen LogP contribution in [-0.4, -0.2) is 39.4 Å². The number of hydrogen-bond acceptors (Lipinski definition) is 5. The molecule has 1 fully saturated rings. The highest BCUT2D eigenvalue weighted by molar-refractivity contribution is 5.92. The Kier molecular flexibility index (Phi) is 5.65. The first-order chi connectivity index (χ1) is 13.1. The quantitative estimate of drug-likeness (QED) is 0.599. The molecule has 0 saturated carbocycles. The van der Waals surface area contributed by atoms with Crippen molar-refractivity contribution in [2.24, 2.45) is 10.7 Å². The number of cyclic esters (lactones) is 1. The molecule has 1 aliphatic rings. The number of nitrogens with two attached hydrogens (primary N) is 1. The topological polar surface area (TPSA) is 98.4 Å². The highest BCUT2D eigenvalue weighted by Gasteiger charge is 2.23. The van der Waals surface area contributed by atoms with E-state index in [2.05, 4.69) is 10.3 Å². The van der Waals surface area contributed by atoms with E-state index < -0.39 is 0 Å². The van der Waals surface area contributed by atoms with Crippen LogP contribution in [0.1, 0.15) is 5.56 Å². The summed E-state index contributed by atoms with van der Waals surface area (Å²) in [5, 5.41) is 3.02. The Labute approximate surface area is 157 Å². The maximum atomic E-state index is 11.6. The molecule has 8 heteroatoms. The number of benzene rings is 2. The summed E-state index contributed by atoms with van der Waals surface area (Å²) in [6, 6.07) is 13.0. The number of carbonyl (C=O) groups is 1. The van der Waals surface area contributed by atoms with Crippen LogP contribution in [0.3, 0.4) is 0 Å². The van der Waals surface area contributed by atoms with Gasteiger partial charge in [0.05, 0.1) is 27.3 Å². The number of guanidine groups is 1. The highest BCUT2D eigenvalue weighted by atomic mass is 16.6. The van der Waals surface area contributed by atoms with E-state index in [0.717, 1.165) is 16.9 Å². The predicted molar refractivity (Wildman–Crippen MR) is 104 cm³/mol. The number of carbonyl (C=O) groups excluding carboxylic acids is 1. The summed E-state index contributed by atoms with van der Waals surface area (Å²) in [5.41, 5.74) is 8.49. The molecule has 142 valence electrons. The molecule has 1 amide bonds. The van der Waals surface area contributed by atoms with Crippen LogP contribution in [-0.2, 0) is 11.3 Å². The number of aliphatic imine (C=N–C) groups is 1. The van der Waals surface area contributed by atoms with Crippen molar-refractivity contribution in [3.8, 4) is 11.5 Å². The van der Waals surface area contributed by atoms with Gasteiger partial charge in [-0.15, -0.1) is 0 Å². The summed E-state index contributed by atoms with van der Waals surface area (Å²) < 4.78 is 15.4. The van der Waals surface area contributed by atoms with Crippen LogP contribution in [0.4, 0.5) is 16.2 Å². The number of methoxy groups -OCH3 is 2. The molecule has 3 rings (SSSR count). The molecule has 2 aromatic rings. The van der Waals surface area contributed by atoms with Gasteiger partial charge < -0.3 is 25.3 Å². The average Bonchev–Trinajstić information content (AvgIpc) is 3.12. The van der Waals surface area contributed by atoms with Crippen LogP contribution in [0.25, 0.3) is 0 Å². The normalized spacial score (nSPS) is 14.1. The van der Waals surface area contributed by atoms with Crippen molar-refractivity contribution in [2.75, 3.05) is 37.6 Å². The van der Waals surface area contributed by atoms with Crippen molar-refractivity contribution in [2.45, 2.75) is 6.54 Å². The second kappa shape index (κ2) is 8.31. The standard InChI is InChI=1S/C19H22N4O4/c1-25-16-8-5-14(11-17(16)26-2)22-18(20)21-12-13-3-6-15(7-4-13)23-9-10-27-19(23)24/h3-8,11H,9-10,12H2,1-2H3,(H3,20,21,22). The average molecular weight is 370 g/mol. The SMILES string of the molecule is COc1ccc(NC(N)=NCc2ccc(N3CCOC3=O)cc2)cc1OC. The van der Waals surface area contributed by atoms with Crippen molar-refractivity contribution in [1.29, 1.82) is 0 Å². The van der Waals surface area contributed by atoms with Crippen LogP contribution in [0.15, 0.2) is 47.5 Å². The van der Waals surface area contributed by atoms with E-state index in [4.69, 9.17) is 19.9 Å². The number of rotatable bonds is 6. The van der Waals surface area contributed by atoms with Crippen molar-refractivity contribution < 1.29 is 19.0 Å². The summed E-state index contributed by atoms with van der Waals surface area (Å²) in [5.74, 6) is 1.53. The zero-order valence-corrected chi connectivity index (χ0v) is 15.3. The minimum Gasteiger partial charge on any atom is -0.493 e. The van der Waals surface area contributed by atoms with Crippen LogP contribution < -0.4 is 25.4 Å². The zero-order valence-electron chi connectivity index (χ0n) is 15.3. The van der Waals surface area contributed by atoms with Crippen LogP contribution >= 0.6 is 0 Å². The Balaban J connectivity index is 1.61. The van der Waals surface area contributed by atoms with E-state index in [-0.39, 0.29) is 12.1 Å². The fourth-order valence-corrected chi connectivity index (χ4v) is 2.69. The van der Waals surface area contributed by atoms with E-state index in [1.807, 2.05) is 30.3 Å². The minimum absolute atomic E-state index is 0.286. The number of nitrogens with one attached hydrogen (secondary N) is 1. The van der Waals surface area contributed by atoms with E-state index in [1.54, 1.807) is 31.3 Å². The summed E-state index contributed by atoms with van der Waals surface area (Å²) in [6.07, 6.45) is -0.316. The van der Waals surface area contributed by atoms with Crippen molar-refractivity contribution >= 4 is 23.4 Å². The second-order valence-electron chi connectivity index (χ2n) is 5.83. The lowest BCUT2D eigenvalue weighted by Crippen LogP contribution is -2.23. The van der Waals surface area contributed by atoms with Gasteiger partial charge in [-0.3, -0.25) is 4.90 Å². The lowest BCUT2D eigenvalue weighted by Gasteiger charge is -2.13. The number of hydrogen-bond donors (Lipinski definition) is 2. The zero-order chi connectivity index (χ0) is 19.2. The van der Waals surface area contributed by atoms with Gasteiger partial charge in [-0.2, -0.15) is 0 Å². The predicted octanol–water partition coefficient (Wildman–Crippen LogP) is 2.59. The van der Waals surface area contributed by atoms with Gasteiger partial charge in [0.1, 0.15) is 6.61 Å². The van der Waals surface area contributed by atoms with Crippen LogP contribution in [0.2, 0.25) is 0 Å². The summed E-state index contributed by atoms with van der Waals surface area (Å²) in [7, 11) is 3.16. The molecule has 8 nitrogen and oxygen atoms in total. The van der Waals surface area contributed by atoms with Gasteiger partial charge in [0.25, 0.3) is 0 Å². The Hall–Kier alpha value is -3.42. The Morgan fingerprint density at radius 2 is 1.93 bits per heavy atom. The first-order valence-corrected chi connectivity index (χ1v) is 8.43. The van der Waals surface area contributed by atoms with Gasteiger partial charge in [0, 0.05) is 17.4 Å². The summed E-state index contributed by atoms with van der Waals surface area (Å²) in [6.45, 7) is 1.40. The Bertz CT molecular complexity index is 836. The number of amides is 1. The maximum absolute atomic E-state index is 11.6. The van der Waals surface area contributed by atoms with Gasteiger partial charge in [-0.1, -0.05) is 12.1 Å². The molecule has 0 radical (unpaired) electrons. The van der Waals surface area contributed by atoms with Crippen LogP contribution in [0, 0.1) is 0 Å². The Morgan fingerprint density at radius 3 is 2.56 bits per heavy atom. The van der Waals surface area contributed by atoms with E-state index in [1.165, 1.54) is 0 Å². The van der Waals surface area contributed by atoms with E-state index in [9.17, 15) is 4.79 Å². The van der Waals surface area contributed by atoms with Crippen LogP contribution in [0.5, 0.6) is 11.5 Å². The third-order valence-electron chi connectivity index (χ3n) is 4.10. The third-order valence-corrected chi connectivity index (χ3v) is 4.10. The van der Waals surface area contributed by atoms with E-state index >= 15 is 0 Å². The summed E-state index contributed by atoms with van der Waals surface area (Å²) in [4.78, 5) is 17.5. The van der Waals surface area contributed by atoms with Gasteiger partial charge in [-0.05, 0) is 29.8 Å².